The Morgan fingerprint density at radius 3 is 2.38 bits per heavy atom. The molecule has 37 heavy (non-hydrogen) atoms. The molecule has 2 aromatic rings. The average Bonchev–Trinajstić information content (AvgIpc) is 2.87. The number of allylic oxidation sites excluding steroid dienone is 6. The van der Waals surface area contributed by atoms with Crippen molar-refractivity contribution in [3.63, 3.8) is 0 Å². The van der Waals surface area contributed by atoms with Crippen LogP contribution < -0.4 is 20.9 Å². The molecule has 1 aromatic heterocycles. The third-order valence-electron chi connectivity index (χ3n) is 5.29. The van der Waals surface area contributed by atoms with Crippen LogP contribution in [-0.2, 0) is 16.2 Å². The predicted octanol–water partition coefficient (Wildman–Crippen LogP) is 4.05. The number of benzene rings is 1. The number of carbonyl (C=O) groups is 2. The number of hydrogen-bond acceptors (Lipinski definition) is 5. The maximum absolute atomic E-state index is 13.7. The highest BCUT2D eigenvalue weighted by Gasteiger charge is 2.12. The fourth-order valence-electron chi connectivity index (χ4n) is 2.66. The van der Waals surface area contributed by atoms with Gasteiger partial charge in [0.2, 0.25) is 17.7 Å². The summed E-state index contributed by atoms with van der Waals surface area (Å²) in [7, 11) is 1.52. The summed E-state index contributed by atoms with van der Waals surface area (Å²) in [6.07, 6.45) is 7.29. The highest BCUT2D eigenvalue weighted by Crippen LogP contribution is 2.17. The number of nitrogens with one attached hydrogen (secondary N) is 2. The van der Waals surface area contributed by atoms with Crippen LogP contribution in [0.4, 0.5) is 8.78 Å². The van der Waals surface area contributed by atoms with E-state index in [0.29, 0.717) is 5.56 Å². The molecular weight excluding hydrogens is 482 g/mol. The molecule has 0 aliphatic rings. The average molecular weight is 517 g/mol. The topological polar surface area (TPSA) is 102 Å². The van der Waals surface area contributed by atoms with Gasteiger partial charge in [0.05, 0.1) is 12.1 Å². The van der Waals surface area contributed by atoms with E-state index in [2.05, 4.69) is 15.6 Å². The van der Waals surface area contributed by atoms with Gasteiger partial charge in [0.15, 0.2) is 0 Å². The van der Waals surface area contributed by atoms with Crippen LogP contribution in [0.2, 0.25) is 0 Å². The number of likely N-dealkylation sites (N-methyl/N-ethyl adjacent to an activating group) is 1. The van der Waals surface area contributed by atoms with Crippen molar-refractivity contribution in [2.24, 2.45) is 0 Å². The van der Waals surface area contributed by atoms with Crippen LogP contribution in [0.3, 0.4) is 0 Å². The van der Waals surface area contributed by atoms with Crippen molar-refractivity contribution < 1.29 is 23.1 Å². The molecule has 2 rings (SSSR count). The van der Waals surface area contributed by atoms with Crippen molar-refractivity contribution in [3.8, 4) is 5.88 Å². The lowest BCUT2D eigenvalue weighted by Crippen LogP contribution is -2.33. The van der Waals surface area contributed by atoms with Crippen LogP contribution in [0.1, 0.15) is 45.7 Å². The fourth-order valence-corrected chi connectivity index (χ4v) is 2.66. The molecule has 2 amide bonds. The minimum Gasteiger partial charge on any atom is -0.472 e. The quantitative estimate of drug-likeness (QED) is 0.516. The summed E-state index contributed by atoms with van der Waals surface area (Å²) >= 11 is 0. The Balaban J connectivity index is 0.000000649. The zero-order valence-electron chi connectivity index (χ0n) is 22.2. The lowest BCUT2D eigenvalue weighted by molar-refractivity contribution is -0.124. The maximum Gasteiger partial charge on any atom is 0.264 e. The molecule has 1 heterocycles. The van der Waals surface area contributed by atoms with E-state index in [1.807, 2.05) is 45.9 Å². The summed E-state index contributed by atoms with van der Waals surface area (Å²) in [4.78, 5) is 37.5. The lowest BCUT2D eigenvalue weighted by Gasteiger charge is -2.12. The van der Waals surface area contributed by atoms with E-state index < -0.39 is 11.6 Å². The van der Waals surface area contributed by atoms with Crippen LogP contribution in [-0.4, -0.2) is 35.0 Å². The van der Waals surface area contributed by atoms with Crippen molar-refractivity contribution in [3.05, 3.63) is 87.0 Å². The predicted molar refractivity (Wildman–Crippen MR) is 140 cm³/mol. The second kappa shape index (κ2) is 15.1. The Bertz CT molecular complexity index is 1260. The van der Waals surface area contributed by atoms with E-state index in [-0.39, 0.29) is 42.0 Å². The van der Waals surface area contributed by atoms with Gasteiger partial charge in [0.1, 0.15) is 24.6 Å². The van der Waals surface area contributed by atoms with Crippen LogP contribution in [0.25, 0.3) is 5.70 Å². The molecule has 0 fully saturated rings. The highest BCUT2D eigenvalue weighted by atomic mass is 19.1. The number of ether oxygens (including phenoxy) is 1. The van der Waals surface area contributed by atoms with Crippen LogP contribution in [0, 0.1) is 18.6 Å². The smallest absolute Gasteiger partial charge is 0.264 e. The van der Waals surface area contributed by atoms with Gasteiger partial charge in [0, 0.05) is 31.3 Å². The first-order chi connectivity index (χ1) is 17.4. The first-order valence-corrected chi connectivity index (χ1v) is 11.5. The third kappa shape index (κ3) is 10.2. The lowest BCUT2D eigenvalue weighted by atomic mass is 10.1. The van der Waals surface area contributed by atoms with Gasteiger partial charge in [-0.05, 0) is 52.3 Å². The third-order valence-corrected chi connectivity index (χ3v) is 5.29. The second-order valence-electron chi connectivity index (χ2n) is 8.09. The molecule has 0 aliphatic carbocycles. The number of carbonyl (C=O) groups excluding carboxylic acids is 2. The molecule has 200 valence electrons. The number of hydrogen-bond donors (Lipinski definition) is 2. The van der Waals surface area contributed by atoms with Gasteiger partial charge in [-0.25, -0.2) is 13.8 Å². The summed E-state index contributed by atoms with van der Waals surface area (Å²) in [5.74, 6) is -1.63. The van der Waals surface area contributed by atoms with Gasteiger partial charge < -0.3 is 15.4 Å². The summed E-state index contributed by atoms with van der Waals surface area (Å²) in [5, 5.41) is 4.71. The molecule has 10 heteroatoms. The van der Waals surface area contributed by atoms with Crippen molar-refractivity contribution in [2.75, 3.05) is 13.6 Å². The molecule has 0 atom stereocenters. The number of halogens is 2. The van der Waals surface area contributed by atoms with Gasteiger partial charge in [-0.15, -0.1) is 0 Å². The molecule has 0 unspecified atom stereocenters. The molecule has 8 nitrogen and oxygen atoms in total. The molecule has 1 aromatic carbocycles. The Morgan fingerprint density at radius 1 is 1.14 bits per heavy atom. The largest absolute Gasteiger partial charge is 0.472 e. The molecule has 0 radical (unpaired) electrons. The minimum atomic E-state index is -0.705. The zero-order chi connectivity index (χ0) is 28.1. The molecule has 0 bridgehead atoms. The molecule has 0 saturated heterocycles. The van der Waals surface area contributed by atoms with Gasteiger partial charge >= 0.3 is 0 Å². The molecule has 2 N–H and O–H groups in total. The number of aromatic nitrogens is 2. The number of rotatable bonds is 8. The standard InChI is InChI=1S/C22H24F2N2O2.C5H10N2O2/c1-6-14(2)7-8-15(3)17(5)26-13-25-21(16(4)22(26)27)28-12-18-9-10-19(23)11-20(18)24;1-4(8)7-3-5(9)6-2/h6-11,13H,12H2,1-5H3;3H2,1-2H3,(H,6,9)(H,7,8)/b8-7-,14-6-,17-15+;. The van der Waals surface area contributed by atoms with E-state index in [9.17, 15) is 23.2 Å². The summed E-state index contributed by atoms with van der Waals surface area (Å²) in [5.41, 5.74) is 3.01. The molecular formula is C27H34F2N4O4. The summed E-state index contributed by atoms with van der Waals surface area (Å²) in [6, 6.07) is 3.24. The van der Waals surface area contributed by atoms with Crippen molar-refractivity contribution in [1.82, 2.24) is 20.2 Å². The Kier molecular flexibility index (Phi) is 12.7. The van der Waals surface area contributed by atoms with Crippen LogP contribution in [0.15, 0.2) is 58.7 Å². The van der Waals surface area contributed by atoms with Gasteiger partial charge in [0.25, 0.3) is 5.56 Å². The SMILES string of the molecule is CNC(=O)CNC(C)=O.C\C=C(C)/C=C\C(C)=C(/C)n1cnc(OCc2ccc(F)cc2F)c(C)c1=O. The first-order valence-electron chi connectivity index (χ1n) is 11.5. The van der Waals surface area contributed by atoms with Crippen LogP contribution in [0.5, 0.6) is 5.88 Å². The van der Waals surface area contributed by atoms with Gasteiger partial charge in [-0.3, -0.25) is 19.0 Å². The van der Waals surface area contributed by atoms with Crippen LogP contribution >= 0.6 is 0 Å². The summed E-state index contributed by atoms with van der Waals surface area (Å²) < 4.78 is 33.6. The van der Waals surface area contributed by atoms with E-state index in [1.165, 1.54) is 30.9 Å². The summed E-state index contributed by atoms with van der Waals surface area (Å²) in [6.45, 7) is 10.6. The monoisotopic (exact) mass is 516 g/mol. The van der Waals surface area contributed by atoms with E-state index >= 15 is 0 Å². The first kappa shape index (κ1) is 31.0. The normalized spacial score (nSPS) is 11.9. The van der Waals surface area contributed by atoms with E-state index in [4.69, 9.17) is 4.74 Å². The van der Waals surface area contributed by atoms with Crippen molar-refractivity contribution in [2.45, 2.75) is 48.1 Å². The van der Waals surface area contributed by atoms with E-state index in [1.54, 1.807) is 6.92 Å². The Labute approximate surface area is 215 Å². The molecule has 0 spiro atoms. The van der Waals surface area contributed by atoms with Crippen molar-refractivity contribution >= 4 is 17.5 Å². The Morgan fingerprint density at radius 2 is 1.81 bits per heavy atom. The van der Waals surface area contributed by atoms with Gasteiger partial charge in [-0.2, -0.15) is 0 Å². The Hall–Kier alpha value is -4.08. The van der Waals surface area contributed by atoms with Gasteiger partial charge in [-0.1, -0.05) is 23.8 Å². The molecule has 0 saturated carbocycles. The number of nitrogens with zero attached hydrogens (tertiary/aromatic N) is 2. The minimum absolute atomic E-state index is 0.0613. The zero-order valence-corrected chi connectivity index (χ0v) is 22.2. The van der Waals surface area contributed by atoms with Crippen molar-refractivity contribution in [1.29, 1.82) is 0 Å². The molecule has 0 aliphatic heterocycles. The maximum atomic E-state index is 13.7. The second-order valence-corrected chi connectivity index (χ2v) is 8.09. The number of amides is 2. The highest BCUT2D eigenvalue weighted by molar-refractivity contribution is 5.83. The van der Waals surface area contributed by atoms with E-state index in [0.717, 1.165) is 29.0 Å². The fraction of sp³-hybridized carbons (Fsp3) is 0.333.